The zero-order valence-corrected chi connectivity index (χ0v) is 14.1. The van der Waals surface area contributed by atoms with Crippen molar-refractivity contribution in [2.75, 3.05) is 0 Å². The van der Waals surface area contributed by atoms with E-state index in [0.717, 1.165) is 5.56 Å². The van der Waals surface area contributed by atoms with Crippen LogP contribution in [0.25, 0.3) is 0 Å². The molecular formula is C17H14ClN3O2S. The quantitative estimate of drug-likeness (QED) is 0.650. The van der Waals surface area contributed by atoms with Gasteiger partial charge in [-0.15, -0.1) is 5.10 Å². The molecule has 7 heteroatoms. The Morgan fingerprint density at radius 1 is 1.21 bits per heavy atom. The topological polar surface area (TPSA) is 74.0 Å². The maximum atomic E-state index is 12.0. The Morgan fingerprint density at radius 3 is 2.71 bits per heavy atom. The Balaban J connectivity index is 1.63. The first kappa shape index (κ1) is 16.5. The molecule has 2 N–H and O–H groups in total. The van der Waals surface area contributed by atoms with Crippen molar-refractivity contribution in [2.45, 2.75) is 11.7 Å². The van der Waals surface area contributed by atoms with E-state index in [0.29, 0.717) is 22.2 Å². The molecule has 0 saturated carbocycles. The Hall–Kier alpha value is -2.31. The lowest BCUT2D eigenvalue weighted by molar-refractivity contribution is -0.118. The minimum atomic E-state index is -0.245. The van der Waals surface area contributed by atoms with Gasteiger partial charge in [-0.25, -0.2) is 0 Å². The molecule has 1 amide bonds. The van der Waals surface area contributed by atoms with Crippen molar-refractivity contribution in [1.29, 1.82) is 0 Å². The fourth-order valence-electron chi connectivity index (χ4n) is 2.16. The SMILES string of the molecule is O=C1NC(=NN=Cc2ccccc2O)S[C@H]1Cc1ccc(Cl)cc1. The molecule has 0 unspecified atom stereocenters. The molecule has 0 aromatic heterocycles. The molecule has 1 aliphatic rings. The van der Waals surface area contributed by atoms with Gasteiger partial charge in [0.1, 0.15) is 5.75 Å². The highest BCUT2D eigenvalue weighted by Crippen LogP contribution is 2.24. The fourth-order valence-corrected chi connectivity index (χ4v) is 3.25. The number of nitrogens with zero attached hydrogens (tertiary/aromatic N) is 2. The lowest BCUT2D eigenvalue weighted by Gasteiger charge is -2.05. The molecule has 2 aromatic rings. The van der Waals surface area contributed by atoms with Gasteiger partial charge in [-0.1, -0.05) is 47.6 Å². The second-order valence-electron chi connectivity index (χ2n) is 5.13. The van der Waals surface area contributed by atoms with Gasteiger partial charge in [-0.2, -0.15) is 5.10 Å². The van der Waals surface area contributed by atoms with Crippen LogP contribution in [0.2, 0.25) is 5.02 Å². The van der Waals surface area contributed by atoms with Crippen LogP contribution in [0.4, 0.5) is 0 Å². The number of hydrogen-bond acceptors (Lipinski definition) is 5. The number of aromatic hydroxyl groups is 1. The molecule has 3 rings (SSSR count). The Morgan fingerprint density at radius 2 is 1.96 bits per heavy atom. The summed E-state index contributed by atoms with van der Waals surface area (Å²) in [4.78, 5) is 12.0. The van der Waals surface area contributed by atoms with Crippen LogP contribution in [0, 0.1) is 0 Å². The molecule has 24 heavy (non-hydrogen) atoms. The zero-order chi connectivity index (χ0) is 16.9. The average molecular weight is 360 g/mol. The highest BCUT2D eigenvalue weighted by molar-refractivity contribution is 8.15. The average Bonchev–Trinajstić information content (AvgIpc) is 2.91. The third-order valence-electron chi connectivity index (χ3n) is 3.39. The zero-order valence-electron chi connectivity index (χ0n) is 12.5. The van der Waals surface area contributed by atoms with Crippen LogP contribution >= 0.6 is 23.4 Å². The van der Waals surface area contributed by atoms with Crippen molar-refractivity contribution in [2.24, 2.45) is 10.2 Å². The van der Waals surface area contributed by atoms with E-state index in [1.165, 1.54) is 18.0 Å². The van der Waals surface area contributed by atoms with Gasteiger partial charge in [-0.3, -0.25) is 4.79 Å². The third-order valence-corrected chi connectivity index (χ3v) is 4.72. The molecule has 1 saturated heterocycles. The smallest absolute Gasteiger partial charge is 0.239 e. The minimum absolute atomic E-state index is 0.0912. The number of phenolic OH excluding ortho intramolecular Hbond substituents is 1. The van der Waals surface area contributed by atoms with Crippen molar-refractivity contribution in [1.82, 2.24) is 5.32 Å². The van der Waals surface area contributed by atoms with Gasteiger partial charge < -0.3 is 10.4 Å². The molecule has 122 valence electrons. The van der Waals surface area contributed by atoms with Gasteiger partial charge in [0.15, 0.2) is 5.17 Å². The summed E-state index contributed by atoms with van der Waals surface area (Å²) in [5.74, 6) is 0.0385. The molecule has 5 nitrogen and oxygen atoms in total. The van der Waals surface area contributed by atoms with Crippen molar-refractivity contribution in [3.8, 4) is 5.75 Å². The summed E-state index contributed by atoms with van der Waals surface area (Å²) < 4.78 is 0. The number of carbonyl (C=O) groups is 1. The number of benzene rings is 2. The fraction of sp³-hybridized carbons (Fsp3) is 0.118. The molecule has 0 aliphatic carbocycles. The second kappa shape index (κ2) is 7.51. The van der Waals surface area contributed by atoms with Crippen LogP contribution in [0.3, 0.4) is 0 Å². The maximum Gasteiger partial charge on any atom is 0.239 e. The number of carbonyl (C=O) groups excluding carboxylic acids is 1. The Labute approximate surface area is 148 Å². The molecule has 0 spiro atoms. The number of amides is 1. The van der Waals surface area contributed by atoms with Gasteiger partial charge in [0.05, 0.1) is 11.5 Å². The summed E-state index contributed by atoms with van der Waals surface area (Å²) in [5, 5.41) is 21.2. The number of thioether (sulfide) groups is 1. The van der Waals surface area contributed by atoms with E-state index in [-0.39, 0.29) is 16.9 Å². The van der Waals surface area contributed by atoms with E-state index in [1.807, 2.05) is 12.1 Å². The molecule has 0 radical (unpaired) electrons. The summed E-state index contributed by atoms with van der Waals surface area (Å²) in [6, 6.07) is 14.2. The molecule has 2 aromatic carbocycles. The van der Waals surface area contributed by atoms with E-state index in [9.17, 15) is 9.90 Å². The van der Waals surface area contributed by atoms with Crippen LogP contribution in [-0.2, 0) is 11.2 Å². The Kier molecular flexibility index (Phi) is 5.17. The number of hydrogen-bond donors (Lipinski definition) is 2. The van der Waals surface area contributed by atoms with Crippen molar-refractivity contribution in [3.63, 3.8) is 0 Å². The van der Waals surface area contributed by atoms with Gasteiger partial charge >= 0.3 is 0 Å². The normalized spacial score (nSPS) is 19.1. The largest absolute Gasteiger partial charge is 0.507 e. The molecule has 0 bridgehead atoms. The lowest BCUT2D eigenvalue weighted by Crippen LogP contribution is -2.25. The van der Waals surface area contributed by atoms with Gasteiger partial charge in [-0.05, 0) is 36.2 Å². The number of para-hydroxylation sites is 1. The summed E-state index contributed by atoms with van der Waals surface area (Å²) in [5.41, 5.74) is 1.60. The molecular weight excluding hydrogens is 346 g/mol. The van der Waals surface area contributed by atoms with E-state index < -0.39 is 0 Å². The van der Waals surface area contributed by atoms with E-state index in [4.69, 9.17) is 11.6 Å². The summed E-state index contributed by atoms with van der Waals surface area (Å²) in [6.45, 7) is 0. The van der Waals surface area contributed by atoms with Gasteiger partial charge in [0.25, 0.3) is 0 Å². The van der Waals surface area contributed by atoms with Crippen LogP contribution in [0.1, 0.15) is 11.1 Å². The van der Waals surface area contributed by atoms with Crippen LogP contribution in [0.15, 0.2) is 58.7 Å². The predicted molar refractivity (Wildman–Crippen MR) is 97.8 cm³/mol. The van der Waals surface area contributed by atoms with Crippen LogP contribution in [0.5, 0.6) is 5.75 Å². The third kappa shape index (κ3) is 4.15. The van der Waals surface area contributed by atoms with E-state index in [1.54, 1.807) is 36.4 Å². The van der Waals surface area contributed by atoms with Crippen LogP contribution < -0.4 is 5.32 Å². The number of phenols is 1. The monoisotopic (exact) mass is 359 g/mol. The first-order valence-corrected chi connectivity index (χ1v) is 8.48. The van der Waals surface area contributed by atoms with E-state index in [2.05, 4.69) is 15.5 Å². The van der Waals surface area contributed by atoms with Gasteiger partial charge in [0.2, 0.25) is 5.91 Å². The number of halogens is 1. The summed E-state index contributed by atoms with van der Waals surface area (Å²) in [7, 11) is 0. The van der Waals surface area contributed by atoms with Crippen molar-refractivity contribution in [3.05, 3.63) is 64.7 Å². The van der Waals surface area contributed by atoms with Gasteiger partial charge in [0, 0.05) is 10.6 Å². The minimum Gasteiger partial charge on any atom is -0.507 e. The maximum absolute atomic E-state index is 12.0. The number of nitrogens with one attached hydrogen (secondary N) is 1. The molecule has 1 heterocycles. The number of rotatable bonds is 4. The molecule has 1 atom stereocenters. The molecule has 1 fully saturated rings. The first-order chi connectivity index (χ1) is 11.6. The first-order valence-electron chi connectivity index (χ1n) is 7.23. The summed E-state index contributed by atoms with van der Waals surface area (Å²) in [6.07, 6.45) is 2.04. The highest BCUT2D eigenvalue weighted by atomic mass is 35.5. The second-order valence-corrected chi connectivity index (χ2v) is 6.76. The Bertz CT molecular complexity index is 806. The lowest BCUT2D eigenvalue weighted by atomic mass is 10.1. The summed E-state index contributed by atoms with van der Waals surface area (Å²) >= 11 is 7.20. The number of amidine groups is 1. The van der Waals surface area contributed by atoms with Crippen LogP contribution in [-0.4, -0.2) is 27.6 Å². The standard InChI is InChI=1S/C17H14ClN3O2S/c18-13-7-5-11(6-8-13)9-15-16(23)20-17(24-15)21-19-10-12-3-1-2-4-14(12)22/h1-8,10,15,22H,9H2,(H,20,21,23)/t15-/m0/s1. The predicted octanol–water partition coefficient (Wildman–Crippen LogP) is 3.21. The molecule has 1 aliphatic heterocycles. The van der Waals surface area contributed by atoms with Crippen molar-refractivity contribution < 1.29 is 9.90 Å². The van der Waals surface area contributed by atoms with Crippen molar-refractivity contribution >= 4 is 40.7 Å². The van der Waals surface area contributed by atoms with E-state index >= 15 is 0 Å². The highest BCUT2D eigenvalue weighted by Gasteiger charge is 2.30.